The van der Waals surface area contributed by atoms with Gasteiger partial charge >= 0.3 is 0 Å². The SMILES string of the molecule is COc1ccc(NC(=O)CN(C)CC(=O)N(C)C)cc1Cl. The molecule has 21 heavy (non-hydrogen) atoms. The molecule has 0 fully saturated rings. The summed E-state index contributed by atoms with van der Waals surface area (Å²) in [4.78, 5) is 26.5. The van der Waals surface area contributed by atoms with E-state index in [1.807, 2.05) is 0 Å². The lowest BCUT2D eigenvalue weighted by molar-refractivity contribution is -0.130. The number of carbonyl (C=O) groups excluding carboxylic acids is 2. The standard InChI is InChI=1S/C14H20ClN3O3/c1-17(2)14(20)9-18(3)8-13(19)16-10-5-6-12(21-4)11(15)7-10/h5-7H,8-9H2,1-4H3,(H,16,19). The lowest BCUT2D eigenvalue weighted by Crippen LogP contribution is -2.38. The van der Waals surface area contributed by atoms with Crippen LogP contribution in [0.15, 0.2) is 18.2 Å². The molecule has 6 nitrogen and oxygen atoms in total. The first-order valence-corrected chi connectivity index (χ1v) is 6.73. The van der Waals surface area contributed by atoms with Crippen LogP contribution in [0.5, 0.6) is 5.75 Å². The minimum absolute atomic E-state index is 0.0576. The van der Waals surface area contributed by atoms with Gasteiger partial charge in [-0.25, -0.2) is 0 Å². The Balaban J connectivity index is 2.53. The molecule has 0 aliphatic heterocycles. The third-order valence-corrected chi connectivity index (χ3v) is 3.05. The van der Waals surface area contributed by atoms with Crippen LogP contribution in [0.25, 0.3) is 0 Å². The number of nitrogens with zero attached hydrogens (tertiary/aromatic N) is 2. The second kappa shape index (κ2) is 7.85. The summed E-state index contributed by atoms with van der Waals surface area (Å²) in [6, 6.07) is 4.99. The summed E-state index contributed by atoms with van der Waals surface area (Å²) < 4.78 is 5.04. The number of carbonyl (C=O) groups is 2. The zero-order valence-electron chi connectivity index (χ0n) is 12.6. The van der Waals surface area contributed by atoms with Crippen molar-refractivity contribution in [2.75, 3.05) is 46.7 Å². The summed E-state index contributed by atoms with van der Waals surface area (Å²) in [6.45, 7) is 0.299. The van der Waals surface area contributed by atoms with Crippen LogP contribution in [0.4, 0.5) is 5.69 Å². The van der Waals surface area contributed by atoms with E-state index in [0.717, 1.165) is 0 Å². The predicted molar refractivity (Wildman–Crippen MR) is 82.8 cm³/mol. The normalized spacial score (nSPS) is 10.4. The Morgan fingerprint density at radius 3 is 2.43 bits per heavy atom. The Hall–Kier alpha value is -1.79. The summed E-state index contributed by atoms with van der Waals surface area (Å²) in [5.41, 5.74) is 0.582. The average molecular weight is 314 g/mol. The van der Waals surface area contributed by atoms with Gasteiger partial charge in [-0.3, -0.25) is 14.5 Å². The maximum Gasteiger partial charge on any atom is 0.238 e. The largest absolute Gasteiger partial charge is 0.495 e. The monoisotopic (exact) mass is 313 g/mol. The van der Waals surface area contributed by atoms with Crippen molar-refractivity contribution in [1.82, 2.24) is 9.80 Å². The fourth-order valence-corrected chi connectivity index (χ4v) is 1.88. The van der Waals surface area contributed by atoms with Crippen LogP contribution in [0.2, 0.25) is 5.02 Å². The Bertz CT molecular complexity index is 520. The minimum Gasteiger partial charge on any atom is -0.495 e. The van der Waals surface area contributed by atoms with E-state index in [9.17, 15) is 9.59 Å². The molecule has 0 atom stereocenters. The van der Waals surface area contributed by atoms with Crippen molar-refractivity contribution in [3.8, 4) is 5.75 Å². The first-order valence-electron chi connectivity index (χ1n) is 6.35. The number of rotatable bonds is 6. The lowest BCUT2D eigenvalue weighted by atomic mass is 10.3. The first kappa shape index (κ1) is 17.3. The molecule has 0 aromatic heterocycles. The molecule has 0 saturated heterocycles. The summed E-state index contributed by atoms with van der Waals surface area (Å²) >= 11 is 5.99. The maximum atomic E-state index is 11.9. The van der Waals surface area contributed by atoms with Crippen molar-refractivity contribution in [2.24, 2.45) is 0 Å². The number of methoxy groups -OCH3 is 1. The van der Waals surface area contributed by atoms with Gasteiger partial charge in [0.05, 0.1) is 25.2 Å². The summed E-state index contributed by atoms with van der Waals surface area (Å²) in [5, 5.41) is 3.14. The van der Waals surface area contributed by atoms with E-state index in [4.69, 9.17) is 16.3 Å². The van der Waals surface area contributed by atoms with Gasteiger partial charge in [-0.15, -0.1) is 0 Å². The topological polar surface area (TPSA) is 61.9 Å². The van der Waals surface area contributed by atoms with Gasteiger partial charge in [-0.1, -0.05) is 11.6 Å². The van der Waals surface area contributed by atoms with Crippen LogP contribution in [0.1, 0.15) is 0 Å². The molecule has 0 unspecified atom stereocenters. The lowest BCUT2D eigenvalue weighted by Gasteiger charge is -2.18. The average Bonchev–Trinajstić information content (AvgIpc) is 2.38. The van der Waals surface area contributed by atoms with Crippen LogP contribution in [-0.4, -0.2) is 63.0 Å². The number of nitrogens with one attached hydrogen (secondary N) is 1. The van der Waals surface area contributed by atoms with Crippen LogP contribution in [0.3, 0.4) is 0 Å². The van der Waals surface area contributed by atoms with Gasteiger partial charge in [0.25, 0.3) is 0 Å². The molecule has 0 radical (unpaired) electrons. The van der Waals surface area contributed by atoms with E-state index >= 15 is 0 Å². The van der Waals surface area contributed by atoms with E-state index in [2.05, 4.69) is 5.32 Å². The molecular formula is C14H20ClN3O3. The van der Waals surface area contributed by atoms with Gasteiger partial charge in [0, 0.05) is 19.8 Å². The quantitative estimate of drug-likeness (QED) is 0.860. The molecule has 1 N–H and O–H groups in total. The highest BCUT2D eigenvalue weighted by molar-refractivity contribution is 6.32. The summed E-state index contributed by atoms with van der Waals surface area (Å²) in [6.07, 6.45) is 0. The third kappa shape index (κ3) is 5.61. The first-order chi connectivity index (χ1) is 9.83. The molecule has 1 aromatic rings. The Morgan fingerprint density at radius 1 is 1.24 bits per heavy atom. The number of benzene rings is 1. The van der Waals surface area contributed by atoms with Crippen LogP contribution in [0, 0.1) is 0 Å². The van der Waals surface area contributed by atoms with Gasteiger partial charge in [0.1, 0.15) is 5.75 Å². The second-order valence-corrected chi connectivity index (χ2v) is 5.27. The van der Waals surface area contributed by atoms with E-state index in [0.29, 0.717) is 16.5 Å². The van der Waals surface area contributed by atoms with Crippen molar-refractivity contribution in [3.63, 3.8) is 0 Å². The number of hydrogen-bond acceptors (Lipinski definition) is 4. The number of amides is 2. The highest BCUT2D eigenvalue weighted by Gasteiger charge is 2.12. The van der Waals surface area contributed by atoms with Crippen molar-refractivity contribution >= 4 is 29.1 Å². The van der Waals surface area contributed by atoms with E-state index in [-0.39, 0.29) is 24.9 Å². The zero-order chi connectivity index (χ0) is 16.0. The zero-order valence-corrected chi connectivity index (χ0v) is 13.4. The van der Waals surface area contributed by atoms with Crippen molar-refractivity contribution < 1.29 is 14.3 Å². The van der Waals surface area contributed by atoms with Gasteiger partial charge in [0.2, 0.25) is 11.8 Å². The molecule has 116 valence electrons. The Labute approximate surface area is 129 Å². The maximum absolute atomic E-state index is 11.9. The van der Waals surface area contributed by atoms with Gasteiger partial charge in [-0.05, 0) is 25.2 Å². The van der Waals surface area contributed by atoms with Gasteiger partial charge < -0.3 is 15.0 Å². The molecule has 2 amide bonds. The molecule has 1 aromatic carbocycles. The van der Waals surface area contributed by atoms with Gasteiger partial charge in [0.15, 0.2) is 0 Å². The van der Waals surface area contributed by atoms with E-state index in [1.54, 1.807) is 44.2 Å². The Kier molecular flexibility index (Phi) is 6.45. The number of hydrogen-bond donors (Lipinski definition) is 1. The minimum atomic E-state index is -0.217. The van der Waals surface area contributed by atoms with E-state index in [1.165, 1.54) is 12.0 Å². The summed E-state index contributed by atoms with van der Waals surface area (Å²) in [5.74, 6) is 0.270. The highest BCUT2D eigenvalue weighted by atomic mass is 35.5. The van der Waals surface area contributed by atoms with Crippen molar-refractivity contribution in [3.05, 3.63) is 23.2 Å². The van der Waals surface area contributed by atoms with Crippen molar-refractivity contribution in [1.29, 1.82) is 0 Å². The van der Waals surface area contributed by atoms with Crippen LogP contribution in [-0.2, 0) is 9.59 Å². The fraction of sp³-hybridized carbons (Fsp3) is 0.429. The predicted octanol–water partition coefficient (Wildman–Crippen LogP) is 1.31. The number of halogens is 1. The second-order valence-electron chi connectivity index (χ2n) is 4.86. The molecule has 0 heterocycles. The molecule has 1 rings (SSSR count). The Morgan fingerprint density at radius 2 is 1.90 bits per heavy atom. The fourth-order valence-electron chi connectivity index (χ4n) is 1.62. The third-order valence-electron chi connectivity index (χ3n) is 2.75. The van der Waals surface area contributed by atoms with Crippen molar-refractivity contribution in [2.45, 2.75) is 0 Å². The smallest absolute Gasteiger partial charge is 0.238 e. The molecule has 7 heteroatoms. The molecule has 0 aliphatic rings. The van der Waals surface area contributed by atoms with Gasteiger partial charge in [-0.2, -0.15) is 0 Å². The van der Waals surface area contributed by atoms with E-state index < -0.39 is 0 Å². The molecule has 0 bridgehead atoms. The van der Waals surface area contributed by atoms with Crippen LogP contribution >= 0.6 is 11.6 Å². The number of ether oxygens (including phenoxy) is 1. The highest BCUT2D eigenvalue weighted by Crippen LogP contribution is 2.27. The summed E-state index contributed by atoms with van der Waals surface area (Å²) in [7, 11) is 6.59. The molecule has 0 saturated carbocycles. The molecule has 0 aliphatic carbocycles. The molecule has 0 spiro atoms. The molecular weight excluding hydrogens is 294 g/mol. The number of anilines is 1. The van der Waals surface area contributed by atoms with Crippen LogP contribution < -0.4 is 10.1 Å². The number of likely N-dealkylation sites (N-methyl/N-ethyl adjacent to an activating group) is 2.